The average molecular weight is 759 g/mol. The highest BCUT2D eigenvalue weighted by molar-refractivity contribution is 7.92. The van der Waals surface area contributed by atoms with Crippen LogP contribution in [0, 0.1) is 5.92 Å². The summed E-state index contributed by atoms with van der Waals surface area (Å²) in [6.07, 6.45) is -1.78. The molecule has 0 saturated heterocycles. The van der Waals surface area contributed by atoms with Gasteiger partial charge in [0, 0.05) is 30.8 Å². The second kappa shape index (κ2) is 20.4. The van der Waals surface area contributed by atoms with Crippen LogP contribution in [0.5, 0.6) is 0 Å². The fraction of sp³-hybridized carbons (Fsp3) is 0.500. The first-order valence-corrected chi connectivity index (χ1v) is 18.2. The lowest BCUT2D eigenvalue weighted by Gasteiger charge is -2.25. The smallest absolute Gasteiger partial charge is 0.475 e. The van der Waals surface area contributed by atoms with E-state index in [-0.39, 0.29) is 35.3 Å². The zero-order chi connectivity index (χ0) is 40.0. The third kappa shape index (κ3) is 15.3. The van der Waals surface area contributed by atoms with Gasteiger partial charge in [-0.15, -0.1) is 0 Å². The number of primary amides is 1. The molecule has 18 heteroatoms. The molecule has 0 spiro atoms. The molecule has 7 N–H and O–H groups in total. The van der Waals surface area contributed by atoms with Crippen LogP contribution in [0.1, 0.15) is 86.2 Å². The van der Waals surface area contributed by atoms with Gasteiger partial charge in [0.15, 0.2) is 0 Å². The van der Waals surface area contributed by atoms with E-state index in [1.807, 2.05) is 44.2 Å². The maximum absolute atomic E-state index is 13.6. The Balaban J connectivity index is 0.00000174. The summed E-state index contributed by atoms with van der Waals surface area (Å²) in [5, 5.41) is 18.8. The molecule has 14 nitrogen and oxygen atoms in total. The van der Waals surface area contributed by atoms with Crippen LogP contribution in [0.2, 0.25) is 0 Å². The fourth-order valence-electron chi connectivity index (χ4n) is 4.55. The third-order valence-corrected chi connectivity index (χ3v) is 8.97. The SMILES string of the molecule is CCCC[C@@H](CN[C@@H](C)C(=O)N[C@H](C(N)=O)C(C)C)NC(=O)c1cc(C(=O)N[C@H](C)c2ccccc2)cc(N(C)S(C)(=O)=O)c1.O=C(O)C(F)(F)F. The lowest BCUT2D eigenvalue weighted by atomic mass is 10.0. The number of nitrogens with one attached hydrogen (secondary N) is 4. The molecule has 0 radical (unpaired) electrons. The van der Waals surface area contributed by atoms with E-state index in [4.69, 9.17) is 15.6 Å². The number of carboxylic acids is 1. The van der Waals surface area contributed by atoms with Crippen molar-refractivity contribution in [1.82, 2.24) is 21.3 Å². The summed E-state index contributed by atoms with van der Waals surface area (Å²) >= 11 is 0. The summed E-state index contributed by atoms with van der Waals surface area (Å²) in [6, 6.07) is 11.4. The van der Waals surface area contributed by atoms with Crippen LogP contribution in [0.4, 0.5) is 18.9 Å². The Morgan fingerprint density at radius 3 is 1.87 bits per heavy atom. The summed E-state index contributed by atoms with van der Waals surface area (Å²) in [5.41, 5.74) is 6.70. The lowest BCUT2D eigenvalue weighted by Crippen LogP contribution is -2.54. The number of carbonyl (C=O) groups excluding carboxylic acids is 4. The molecule has 0 aliphatic rings. The van der Waals surface area contributed by atoms with Crippen molar-refractivity contribution in [3.05, 3.63) is 65.2 Å². The summed E-state index contributed by atoms with van der Waals surface area (Å²) < 4.78 is 57.5. The minimum atomic E-state index is -5.08. The van der Waals surface area contributed by atoms with E-state index in [1.165, 1.54) is 25.2 Å². The van der Waals surface area contributed by atoms with Crippen molar-refractivity contribution in [2.45, 2.75) is 84.2 Å². The van der Waals surface area contributed by atoms with Gasteiger partial charge in [-0.05, 0) is 49.9 Å². The molecular weight excluding hydrogens is 709 g/mol. The van der Waals surface area contributed by atoms with Gasteiger partial charge in [0.25, 0.3) is 11.8 Å². The Morgan fingerprint density at radius 2 is 1.42 bits per heavy atom. The molecule has 2 rings (SSSR count). The molecule has 0 aliphatic heterocycles. The molecule has 2 aromatic rings. The van der Waals surface area contributed by atoms with E-state index in [0.717, 1.165) is 29.0 Å². The van der Waals surface area contributed by atoms with Gasteiger partial charge >= 0.3 is 12.1 Å². The molecule has 290 valence electrons. The fourth-order valence-corrected chi connectivity index (χ4v) is 5.04. The van der Waals surface area contributed by atoms with Crippen molar-refractivity contribution in [3.63, 3.8) is 0 Å². The number of nitrogens with zero attached hydrogens (tertiary/aromatic N) is 1. The quantitative estimate of drug-likeness (QED) is 0.140. The predicted octanol–water partition coefficient (Wildman–Crippen LogP) is 3.10. The molecule has 4 atom stereocenters. The van der Waals surface area contributed by atoms with Crippen LogP contribution >= 0.6 is 0 Å². The van der Waals surface area contributed by atoms with E-state index in [0.29, 0.717) is 6.42 Å². The zero-order valence-electron chi connectivity index (χ0n) is 30.2. The van der Waals surface area contributed by atoms with Crippen molar-refractivity contribution in [2.75, 3.05) is 24.2 Å². The summed E-state index contributed by atoms with van der Waals surface area (Å²) in [4.78, 5) is 60.2. The number of alkyl halides is 3. The number of unbranched alkanes of at least 4 members (excludes halogenated alkanes) is 1. The normalized spacial score (nSPS) is 13.8. The summed E-state index contributed by atoms with van der Waals surface area (Å²) in [6.45, 7) is 9.31. The highest BCUT2D eigenvalue weighted by Gasteiger charge is 2.38. The number of rotatable bonds is 17. The van der Waals surface area contributed by atoms with E-state index < -0.39 is 63.9 Å². The van der Waals surface area contributed by atoms with E-state index >= 15 is 0 Å². The minimum Gasteiger partial charge on any atom is -0.475 e. The Kier molecular flexibility index (Phi) is 17.7. The standard InChI is InChI=1S/C32H48N6O6S.C2HF3O2/c1-8-9-15-26(19-34-22(5)30(40)37-28(20(2)3)29(33)39)36-32(42)25-16-24(17-27(18-25)38(6)45(7,43)44)31(41)35-21(4)23-13-11-10-12-14-23;3-2(4,5)1(6)7/h10-14,16-18,20-22,26,28,34H,8-9,15,19H2,1-7H3,(H2,33,39)(H,35,41)(H,36,42)(H,37,40);(H,6,7)/t21-,22+,26+,28+;/m1./s1. The van der Waals surface area contributed by atoms with E-state index in [9.17, 15) is 40.8 Å². The number of halogens is 3. The number of nitrogens with two attached hydrogens (primary N) is 1. The molecule has 0 bridgehead atoms. The van der Waals surface area contributed by atoms with E-state index in [2.05, 4.69) is 21.3 Å². The van der Waals surface area contributed by atoms with Crippen molar-refractivity contribution < 1.29 is 50.7 Å². The number of benzene rings is 2. The molecule has 52 heavy (non-hydrogen) atoms. The molecule has 4 amide bonds. The molecule has 2 aromatic carbocycles. The first-order valence-electron chi connectivity index (χ1n) is 16.4. The van der Waals surface area contributed by atoms with Gasteiger partial charge in [-0.1, -0.05) is 63.9 Å². The summed E-state index contributed by atoms with van der Waals surface area (Å²) in [5.74, 6) is -4.93. The molecule has 0 saturated carbocycles. The maximum atomic E-state index is 13.6. The Labute approximate surface area is 302 Å². The Bertz CT molecular complexity index is 1640. The van der Waals surface area contributed by atoms with Gasteiger partial charge in [0.2, 0.25) is 21.8 Å². The number of aliphatic carboxylic acids is 1. The van der Waals surface area contributed by atoms with Crippen molar-refractivity contribution in [1.29, 1.82) is 0 Å². The van der Waals surface area contributed by atoms with Crippen LogP contribution in [0.3, 0.4) is 0 Å². The number of hydrogen-bond acceptors (Lipinski definition) is 8. The number of anilines is 1. The van der Waals surface area contributed by atoms with E-state index in [1.54, 1.807) is 20.8 Å². The van der Waals surface area contributed by atoms with Crippen LogP contribution in [-0.4, -0.2) is 87.3 Å². The molecular formula is C34H49F3N6O8S. The largest absolute Gasteiger partial charge is 0.490 e. The first-order chi connectivity index (χ1) is 24.0. The van der Waals surface area contributed by atoms with Crippen LogP contribution in [0.25, 0.3) is 0 Å². The number of carbonyl (C=O) groups is 5. The van der Waals surface area contributed by atoms with Crippen molar-refractivity contribution in [3.8, 4) is 0 Å². The number of hydrogen-bond donors (Lipinski definition) is 6. The number of carboxylic acid groups (broad SMARTS) is 1. The monoisotopic (exact) mass is 758 g/mol. The molecule has 0 aromatic heterocycles. The minimum absolute atomic E-state index is 0.106. The second-order valence-electron chi connectivity index (χ2n) is 12.5. The van der Waals surface area contributed by atoms with Crippen molar-refractivity contribution in [2.24, 2.45) is 11.7 Å². The van der Waals surface area contributed by atoms with Crippen LogP contribution < -0.4 is 31.3 Å². The zero-order valence-corrected chi connectivity index (χ0v) is 31.0. The Hall–Kier alpha value is -4.71. The number of amides is 4. The van der Waals surface area contributed by atoms with Crippen LogP contribution in [0.15, 0.2) is 48.5 Å². The van der Waals surface area contributed by atoms with Gasteiger partial charge in [0.1, 0.15) is 6.04 Å². The van der Waals surface area contributed by atoms with Gasteiger partial charge in [0.05, 0.1) is 24.0 Å². The topological polar surface area (TPSA) is 217 Å². The molecule has 0 unspecified atom stereocenters. The second-order valence-corrected chi connectivity index (χ2v) is 14.5. The van der Waals surface area contributed by atoms with Gasteiger partial charge < -0.3 is 32.1 Å². The van der Waals surface area contributed by atoms with Gasteiger partial charge in [-0.25, -0.2) is 13.2 Å². The molecule has 0 fully saturated rings. The summed E-state index contributed by atoms with van der Waals surface area (Å²) in [7, 11) is -2.34. The molecule has 0 aliphatic carbocycles. The first kappa shape index (κ1) is 45.3. The highest BCUT2D eigenvalue weighted by Crippen LogP contribution is 2.22. The third-order valence-electron chi connectivity index (χ3n) is 7.77. The van der Waals surface area contributed by atoms with Crippen LogP contribution in [-0.2, 0) is 24.4 Å². The Morgan fingerprint density at radius 1 is 0.904 bits per heavy atom. The average Bonchev–Trinajstić information content (AvgIpc) is 3.06. The number of sulfonamides is 1. The van der Waals surface area contributed by atoms with Gasteiger partial charge in [-0.3, -0.25) is 23.5 Å². The van der Waals surface area contributed by atoms with Crippen molar-refractivity contribution >= 4 is 45.3 Å². The van der Waals surface area contributed by atoms with Gasteiger partial charge in [-0.2, -0.15) is 13.2 Å². The predicted molar refractivity (Wildman–Crippen MR) is 190 cm³/mol. The maximum Gasteiger partial charge on any atom is 0.490 e. The molecule has 0 heterocycles. The highest BCUT2D eigenvalue weighted by atomic mass is 32.2. The lowest BCUT2D eigenvalue weighted by molar-refractivity contribution is -0.192.